The van der Waals surface area contributed by atoms with Crippen molar-refractivity contribution in [3.05, 3.63) is 41.2 Å². The Labute approximate surface area is 124 Å². The van der Waals surface area contributed by atoms with E-state index in [1.54, 1.807) is 24.3 Å². The molecule has 1 aromatic heterocycles. The van der Waals surface area contributed by atoms with Gasteiger partial charge in [0.2, 0.25) is 5.88 Å². The van der Waals surface area contributed by atoms with Crippen LogP contribution in [-0.4, -0.2) is 9.97 Å². The molecule has 108 valence electrons. The van der Waals surface area contributed by atoms with Gasteiger partial charge in [0, 0.05) is 5.41 Å². The van der Waals surface area contributed by atoms with Crippen molar-refractivity contribution in [3.63, 3.8) is 0 Å². The smallest absolute Gasteiger partial charge is 0.227 e. The minimum Gasteiger partial charge on any atom is -0.439 e. The lowest BCUT2D eigenvalue weighted by molar-refractivity contribution is 0.442. The average Bonchev–Trinajstić information content (AvgIpc) is 2.42. The quantitative estimate of drug-likeness (QED) is 0.913. The van der Waals surface area contributed by atoms with Gasteiger partial charge in [-0.3, -0.25) is 0 Å². The number of ether oxygens (including phenoxy) is 1. The van der Waals surface area contributed by atoms with Gasteiger partial charge < -0.3 is 10.5 Å². The van der Waals surface area contributed by atoms with Gasteiger partial charge >= 0.3 is 0 Å². The molecule has 0 saturated heterocycles. The third kappa shape index (κ3) is 3.29. The normalized spacial score (nSPS) is 11.0. The molecule has 2 aromatic rings. The molecule has 0 amide bonds. The molecule has 0 radical (unpaired) electrons. The highest BCUT2D eigenvalue weighted by molar-refractivity contribution is 5.47. The molecule has 0 saturated carbocycles. The van der Waals surface area contributed by atoms with E-state index in [0.29, 0.717) is 34.4 Å². The van der Waals surface area contributed by atoms with Crippen LogP contribution in [0, 0.1) is 18.3 Å². The van der Waals surface area contributed by atoms with E-state index in [1.807, 2.05) is 27.7 Å². The first-order valence-corrected chi connectivity index (χ1v) is 6.64. The minimum absolute atomic E-state index is 0.228. The van der Waals surface area contributed by atoms with Gasteiger partial charge in [0.05, 0.1) is 17.2 Å². The van der Waals surface area contributed by atoms with Crippen LogP contribution in [0.3, 0.4) is 0 Å². The number of anilines is 1. The number of nitrogen functional groups attached to an aromatic ring is 1. The highest BCUT2D eigenvalue weighted by atomic mass is 16.5. The van der Waals surface area contributed by atoms with Gasteiger partial charge in [0.1, 0.15) is 17.4 Å². The van der Waals surface area contributed by atoms with Crippen LogP contribution in [0.5, 0.6) is 11.6 Å². The van der Waals surface area contributed by atoms with Crippen LogP contribution in [0.1, 0.15) is 37.7 Å². The molecule has 0 unspecified atom stereocenters. The van der Waals surface area contributed by atoms with E-state index in [9.17, 15) is 0 Å². The monoisotopic (exact) mass is 282 g/mol. The fraction of sp³-hybridized carbons (Fsp3) is 0.312. The summed E-state index contributed by atoms with van der Waals surface area (Å²) in [6, 6.07) is 8.99. The van der Waals surface area contributed by atoms with Crippen molar-refractivity contribution in [1.82, 2.24) is 9.97 Å². The molecule has 2 rings (SSSR count). The van der Waals surface area contributed by atoms with Crippen LogP contribution >= 0.6 is 0 Å². The molecule has 21 heavy (non-hydrogen) atoms. The summed E-state index contributed by atoms with van der Waals surface area (Å²) in [5, 5.41) is 8.93. The molecular weight excluding hydrogens is 264 g/mol. The Bertz CT molecular complexity index is 711. The van der Waals surface area contributed by atoms with Crippen LogP contribution < -0.4 is 10.5 Å². The van der Waals surface area contributed by atoms with Gasteiger partial charge in [-0.25, -0.2) is 4.98 Å². The third-order valence-electron chi connectivity index (χ3n) is 2.99. The molecule has 0 aliphatic rings. The number of hydrogen-bond acceptors (Lipinski definition) is 5. The fourth-order valence-electron chi connectivity index (χ4n) is 1.69. The predicted octanol–water partition coefficient (Wildman–Crippen LogP) is 3.33. The molecule has 5 nitrogen and oxygen atoms in total. The highest BCUT2D eigenvalue weighted by Gasteiger charge is 2.21. The van der Waals surface area contributed by atoms with Crippen LogP contribution in [0.2, 0.25) is 0 Å². The minimum atomic E-state index is -0.228. The first-order valence-electron chi connectivity index (χ1n) is 6.64. The molecule has 0 aliphatic carbocycles. The van der Waals surface area contributed by atoms with E-state index in [2.05, 4.69) is 16.0 Å². The van der Waals surface area contributed by atoms with E-state index in [4.69, 9.17) is 15.7 Å². The molecular formula is C16H18N4O. The van der Waals surface area contributed by atoms with Crippen molar-refractivity contribution < 1.29 is 4.74 Å². The first kappa shape index (κ1) is 14.8. The molecule has 5 heteroatoms. The molecule has 0 spiro atoms. The molecule has 2 N–H and O–H groups in total. The molecule has 1 heterocycles. The maximum atomic E-state index is 8.93. The van der Waals surface area contributed by atoms with Crippen LogP contribution in [0.4, 0.5) is 5.82 Å². The number of aromatic nitrogens is 2. The number of hydrogen-bond donors (Lipinski definition) is 1. The maximum absolute atomic E-state index is 8.93. The zero-order valence-corrected chi connectivity index (χ0v) is 12.6. The van der Waals surface area contributed by atoms with Crippen molar-refractivity contribution >= 4 is 5.82 Å². The molecule has 0 atom stereocenters. The second kappa shape index (κ2) is 5.41. The van der Waals surface area contributed by atoms with Crippen molar-refractivity contribution in [3.8, 4) is 17.7 Å². The summed E-state index contributed by atoms with van der Waals surface area (Å²) in [5.74, 6) is 2.00. The van der Waals surface area contributed by atoms with Crippen molar-refractivity contribution in [2.45, 2.75) is 33.1 Å². The lowest BCUT2D eigenvalue weighted by Gasteiger charge is -2.19. The summed E-state index contributed by atoms with van der Waals surface area (Å²) < 4.78 is 5.79. The first-order chi connectivity index (χ1) is 9.81. The largest absolute Gasteiger partial charge is 0.439 e. The Morgan fingerprint density at radius 2 is 1.95 bits per heavy atom. The second-order valence-corrected chi connectivity index (χ2v) is 5.85. The van der Waals surface area contributed by atoms with Crippen molar-refractivity contribution in [2.75, 3.05) is 5.73 Å². The van der Waals surface area contributed by atoms with Crippen molar-refractivity contribution in [1.29, 1.82) is 5.26 Å². The number of rotatable bonds is 2. The Morgan fingerprint density at radius 1 is 1.24 bits per heavy atom. The van der Waals surface area contributed by atoms with Crippen LogP contribution in [0.25, 0.3) is 0 Å². The summed E-state index contributed by atoms with van der Waals surface area (Å²) in [6.07, 6.45) is 0. The lowest BCUT2D eigenvalue weighted by atomic mass is 9.95. The van der Waals surface area contributed by atoms with E-state index in [0.717, 1.165) is 0 Å². The van der Waals surface area contributed by atoms with Gasteiger partial charge in [-0.05, 0) is 25.1 Å². The lowest BCUT2D eigenvalue weighted by Crippen LogP contribution is -2.18. The van der Waals surface area contributed by atoms with Crippen LogP contribution in [0.15, 0.2) is 24.3 Å². The summed E-state index contributed by atoms with van der Waals surface area (Å²) in [7, 11) is 0. The van der Waals surface area contributed by atoms with Gasteiger partial charge in [-0.15, -0.1) is 0 Å². The predicted molar refractivity (Wildman–Crippen MR) is 81.1 cm³/mol. The Hall–Kier alpha value is -2.61. The Morgan fingerprint density at radius 3 is 2.57 bits per heavy atom. The van der Waals surface area contributed by atoms with E-state index >= 15 is 0 Å². The Kier molecular flexibility index (Phi) is 3.81. The van der Waals surface area contributed by atoms with E-state index < -0.39 is 0 Å². The van der Waals surface area contributed by atoms with Crippen LogP contribution in [-0.2, 0) is 5.41 Å². The maximum Gasteiger partial charge on any atom is 0.227 e. The summed E-state index contributed by atoms with van der Waals surface area (Å²) in [6.45, 7) is 7.84. The van der Waals surface area contributed by atoms with Crippen molar-refractivity contribution in [2.24, 2.45) is 0 Å². The van der Waals surface area contributed by atoms with E-state index in [1.165, 1.54) is 0 Å². The summed E-state index contributed by atoms with van der Waals surface area (Å²) >= 11 is 0. The Balaban J connectivity index is 2.44. The summed E-state index contributed by atoms with van der Waals surface area (Å²) in [4.78, 5) is 8.77. The van der Waals surface area contributed by atoms with Gasteiger partial charge in [0.15, 0.2) is 0 Å². The topological polar surface area (TPSA) is 84.8 Å². The zero-order valence-electron chi connectivity index (χ0n) is 12.6. The second-order valence-electron chi connectivity index (χ2n) is 5.85. The number of nitrogens with zero attached hydrogens (tertiary/aromatic N) is 3. The average molecular weight is 282 g/mol. The van der Waals surface area contributed by atoms with E-state index in [-0.39, 0.29) is 5.41 Å². The molecule has 0 fully saturated rings. The number of nitriles is 1. The molecule has 0 bridgehead atoms. The highest BCUT2D eigenvalue weighted by Crippen LogP contribution is 2.29. The van der Waals surface area contributed by atoms with Gasteiger partial charge in [0.25, 0.3) is 0 Å². The molecule has 0 aliphatic heterocycles. The molecule has 1 aromatic carbocycles. The third-order valence-corrected chi connectivity index (χ3v) is 2.99. The number of nitrogens with two attached hydrogens (primary N) is 1. The fourth-order valence-corrected chi connectivity index (χ4v) is 1.69. The zero-order chi connectivity index (χ0) is 15.6. The standard InChI is InChI=1S/C16H18N4O/c1-10-13(18)19-15(16(2,3)4)20-14(10)21-12-7-5-6-11(8-12)9-17/h5-8H,1-4H3,(H2,18,19,20). The van der Waals surface area contributed by atoms with Gasteiger partial charge in [-0.1, -0.05) is 26.8 Å². The number of benzene rings is 1. The van der Waals surface area contributed by atoms with Gasteiger partial charge in [-0.2, -0.15) is 10.2 Å². The SMILES string of the molecule is Cc1c(N)nc(C(C)(C)C)nc1Oc1cccc(C#N)c1. The summed E-state index contributed by atoms with van der Waals surface area (Å²) in [5.41, 5.74) is 6.93.